The second-order valence-corrected chi connectivity index (χ2v) is 4.69. The van der Waals surface area contributed by atoms with Crippen LogP contribution in [-0.4, -0.2) is 30.9 Å². The molecule has 1 aromatic rings. The first kappa shape index (κ1) is 15.3. The first-order valence-corrected chi connectivity index (χ1v) is 6.39. The van der Waals surface area contributed by atoms with Crippen molar-refractivity contribution >= 4 is 11.7 Å². The van der Waals surface area contributed by atoms with Gasteiger partial charge in [0.15, 0.2) is 0 Å². The average Bonchev–Trinajstić information content (AvgIpc) is 2.39. The van der Waals surface area contributed by atoms with Gasteiger partial charge in [0.2, 0.25) is 0 Å². The summed E-state index contributed by atoms with van der Waals surface area (Å²) in [6, 6.07) is 6.80. The summed E-state index contributed by atoms with van der Waals surface area (Å²) in [6.45, 7) is 4.08. The number of benzene rings is 1. The molecule has 0 aliphatic carbocycles. The molecule has 0 aliphatic heterocycles. The van der Waals surface area contributed by atoms with Crippen LogP contribution in [0.25, 0.3) is 0 Å². The van der Waals surface area contributed by atoms with Crippen molar-refractivity contribution in [2.45, 2.75) is 26.3 Å². The Morgan fingerprint density at radius 2 is 1.95 bits per heavy atom. The SMILES string of the molecule is COc1ccc(NC(=O)NC(CCO)C(C)C)cc1. The van der Waals surface area contributed by atoms with E-state index in [1.807, 2.05) is 13.8 Å². The van der Waals surface area contributed by atoms with Crippen molar-refractivity contribution in [2.24, 2.45) is 5.92 Å². The normalized spacial score (nSPS) is 12.1. The van der Waals surface area contributed by atoms with Crippen molar-refractivity contribution in [3.63, 3.8) is 0 Å². The Morgan fingerprint density at radius 3 is 2.42 bits per heavy atom. The molecule has 0 aromatic heterocycles. The zero-order valence-electron chi connectivity index (χ0n) is 11.6. The third-order valence-corrected chi connectivity index (χ3v) is 2.91. The first-order chi connectivity index (χ1) is 9.06. The van der Waals surface area contributed by atoms with Gasteiger partial charge >= 0.3 is 6.03 Å². The zero-order valence-corrected chi connectivity index (χ0v) is 11.6. The van der Waals surface area contributed by atoms with E-state index < -0.39 is 0 Å². The predicted octanol–water partition coefficient (Wildman–Crippen LogP) is 2.22. The fourth-order valence-corrected chi connectivity index (χ4v) is 1.72. The third-order valence-electron chi connectivity index (χ3n) is 2.91. The Morgan fingerprint density at radius 1 is 1.32 bits per heavy atom. The number of hydrogen-bond acceptors (Lipinski definition) is 3. The smallest absolute Gasteiger partial charge is 0.319 e. The highest BCUT2D eigenvalue weighted by molar-refractivity contribution is 5.89. The molecule has 0 fully saturated rings. The molecule has 0 aliphatic rings. The molecule has 3 N–H and O–H groups in total. The molecule has 19 heavy (non-hydrogen) atoms. The number of ether oxygens (including phenoxy) is 1. The van der Waals surface area contributed by atoms with E-state index in [1.165, 1.54) is 0 Å². The molecule has 2 amide bonds. The molecular formula is C14H22N2O3. The maximum Gasteiger partial charge on any atom is 0.319 e. The van der Waals surface area contributed by atoms with Crippen molar-refractivity contribution in [1.82, 2.24) is 5.32 Å². The Balaban J connectivity index is 2.53. The number of amides is 2. The predicted molar refractivity (Wildman–Crippen MR) is 75.5 cm³/mol. The lowest BCUT2D eigenvalue weighted by Gasteiger charge is -2.21. The molecule has 106 valence electrons. The van der Waals surface area contributed by atoms with Crippen LogP contribution in [0.2, 0.25) is 0 Å². The largest absolute Gasteiger partial charge is 0.497 e. The van der Waals surface area contributed by atoms with Gasteiger partial charge in [0.1, 0.15) is 5.75 Å². The van der Waals surface area contributed by atoms with Gasteiger partial charge < -0.3 is 20.5 Å². The summed E-state index contributed by atoms with van der Waals surface area (Å²) < 4.78 is 5.05. The van der Waals surface area contributed by atoms with Gasteiger partial charge in [-0.1, -0.05) is 13.8 Å². The summed E-state index contributed by atoms with van der Waals surface area (Å²) in [5.41, 5.74) is 0.699. The van der Waals surface area contributed by atoms with Crippen LogP contribution in [0.1, 0.15) is 20.3 Å². The van der Waals surface area contributed by atoms with Crippen molar-refractivity contribution < 1.29 is 14.6 Å². The Bertz CT molecular complexity index is 390. The van der Waals surface area contributed by atoms with Gasteiger partial charge in [-0.05, 0) is 36.6 Å². The summed E-state index contributed by atoms with van der Waals surface area (Å²) in [6.07, 6.45) is 0.549. The highest BCUT2D eigenvalue weighted by Crippen LogP contribution is 2.15. The number of anilines is 1. The molecule has 0 radical (unpaired) electrons. The monoisotopic (exact) mass is 266 g/mol. The van der Waals surface area contributed by atoms with Crippen LogP contribution in [0.3, 0.4) is 0 Å². The van der Waals surface area contributed by atoms with Gasteiger partial charge in [-0.25, -0.2) is 4.79 Å². The molecule has 1 rings (SSSR count). The number of urea groups is 1. The van der Waals surface area contributed by atoms with E-state index in [2.05, 4.69) is 10.6 Å². The van der Waals surface area contributed by atoms with Crippen LogP contribution in [0.15, 0.2) is 24.3 Å². The van der Waals surface area contributed by atoms with Gasteiger partial charge in [0, 0.05) is 18.3 Å². The maximum absolute atomic E-state index is 11.8. The third kappa shape index (κ3) is 5.18. The molecule has 1 aromatic carbocycles. The van der Waals surface area contributed by atoms with Crippen molar-refractivity contribution in [1.29, 1.82) is 0 Å². The van der Waals surface area contributed by atoms with E-state index in [1.54, 1.807) is 31.4 Å². The van der Waals surface area contributed by atoms with E-state index in [4.69, 9.17) is 9.84 Å². The molecule has 1 atom stereocenters. The van der Waals surface area contributed by atoms with Crippen LogP contribution in [0, 0.1) is 5.92 Å². The minimum Gasteiger partial charge on any atom is -0.497 e. The minimum absolute atomic E-state index is 0.0387. The lowest BCUT2D eigenvalue weighted by atomic mass is 10.0. The highest BCUT2D eigenvalue weighted by atomic mass is 16.5. The van der Waals surface area contributed by atoms with E-state index >= 15 is 0 Å². The molecule has 5 nitrogen and oxygen atoms in total. The van der Waals surface area contributed by atoms with Gasteiger partial charge in [0.25, 0.3) is 0 Å². The second kappa shape index (κ2) is 7.63. The molecule has 1 unspecified atom stereocenters. The maximum atomic E-state index is 11.8. The standard InChI is InChI=1S/C14H22N2O3/c1-10(2)13(8-9-17)16-14(18)15-11-4-6-12(19-3)7-5-11/h4-7,10,13,17H,8-9H2,1-3H3,(H2,15,16,18). The number of aliphatic hydroxyl groups excluding tert-OH is 1. The average molecular weight is 266 g/mol. The van der Waals surface area contributed by atoms with Crippen LogP contribution in [-0.2, 0) is 0 Å². The molecule has 0 heterocycles. The number of rotatable bonds is 6. The number of methoxy groups -OCH3 is 1. The van der Waals surface area contributed by atoms with Crippen LogP contribution in [0.5, 0.6) is 5.75 Å². The van der Waals surface area contributed by atoms with E-state index in [0.717, 1.165) is 5.75 Å². The van der Waals surface area contributed by atoms with E-state index in [0.29, 0.717) is 12.1 Å². The first-order valence-electron chi connectivity index (χ1n) is 6.39. The minimum atomic E-state index is -0.266. The van der Waals surface area contributed by atoms with E-state index in [-0.39, 0.29) is 24.6 Å². The molecule has 0 bridgehead atoms. The summed E-state index contributed by atoms with van der Waals surface area (Å²) in [7, 11) is 1.59. The van der Waals surface area contributed by atoms with Gasteiger partial charge in [-0.15, -0.1) is 0 Å². The van der Waals surface area contributed by atoms with Gasteiger partial charge in [0.05, 0.1) is 7.11 Å². The molecule has 0 spiro atoms. The summed E-state index contributed by atoms with van der Waals surface area (Å²) in [5, 5.41) is 14.6. The van der Waals surface area contributed by atoms with Crippen LogP contribution in [0.4, 0.5) is 10.5 Å². The molecule has 5 heteroatoms. The Labute approximate surface area is 114 Å². The Hall–Kier alpha value is -1.75. The lowest BCUT2D eigenvalue weighted by Crippen LogP contribution is -2.41. The van der Waals surface area contributed by atoms with E-state index in [9.17, 15) is 4.79 Å². The number of carbonyl (C=O) groups excluding carboxylic acids is 1. The summed E-state index contributed by atoms with van der Waals surface area (Å²) in [5.74, 6) is 1.01. The second-order valence-electron chi connectivity index (χ2n) is 4.69. The van der Waals surface area contributed by atoms with Crippen molar-refractivity contribution in [2.75, 3.05) is 19.0 Å². The lowest BCUT2D eigenvalue weighted by molar-refractivity contribution is 0.227. The topological polar surface area (TPSA) is 70.6 Å². The Kier molecular flexibility index (Phi) is 6.15. The quantitative estimate of drug-likeness (QED) is 0.739. The number of nitrogens with one attached hydrogen (secondary N) is 2. The fraction of sp³-hybridized carbons (Fsp3) is 0.500. The summed E-state index contributed by atoms with van der Waals surface area (Å²) in [4.78, 5) is 11.8. The zero-order chi connectivity index (χ0) is 14.3. The van der Waals surface area contributed by atoms with Crippen molar-refractivity contribution in [3.8, 4) is 5.75 Å². The van der Waals surface area contributed by atoms with Crippen molar-refractivity contribution in [3.05, 3.63) is 24.3 Å². The van der Waals surface area contributed by atoms with Crippen LogP contribution < -0.4 is 15.4 Å². The van der Waals surface area contributed by atoms with Crippen LogP contribution >= 0.6 is 0 Å². The summed E-state index contributed by atoms with van der Waals surface area (Å²) >= 11 is 0. The van der Waals surface area contributed by atoms with Gasteiger partial charge in [-0.3, -0.25) is 0 Å². The number of aliphatic hydroxyl groups is 1. The molecule has 0 saturated carbocycles. The highest BCUT2D eigenvalue weighted by Gasteiger charge is 2.15. The molecular weight excluding hydrogens is 244 g/mol. The fourth-order valence-electron chi connectivity index (χ4n) is 1.72. The molecule has 0 saturated heterocycles. The number of carbonyl (C=O) groups is 1. The number of hydrogen-bond donors (Lipinski definition) is 3. The van der Waals surface area contributed by atoms with Gasteiger partial charge in [-0.2, -0.15) is 0 Å².